The molecule has 0 radical (unpaired) electrons. The van der Waals surface area contributed by atoms with Gasteiger partial charge in [0.25, 0.3) is 5.91 Å². The predicted molar refractivity (Wildman–Crippen MR) is 110 cm³/mol. The van der Waals surface area contributed by atoms with Gasteiger partial charge in [-0.1, -0.05) is 6.07 Å². The second kappa shape index (κ2) is 8.38. The number of rotatable bonds is 4. The Morgan fingerprint density at radius 3 is 2.62 bits per heavy atom. The maximum Gasteiger partial charge on any atom is 0.417 e. The van der Waals surface area contributed by atoms with Gasteiger partial charge in [0.1, 0.15) is 11.4 Å². The highest BCUT2D eigenvalue weighted by atomic mass is 32.2. The number of nitrogens with zero attached hydrogens (tertiary/aromatic N) is 2. The molecule has 0 aliphatic carbocycles. The fourth-order valence-electron chi connectivity index (χ4n) is 3.42. The van der Waals surface area contributed by atoms with Crippen molar-refractivity contribution < 1.29 is 31.1 Å². The summed E-state index contributed by atoms with van der Waals surface area (Å²) in [7, 11) is -3.14. The number of ether oxygens (including phenoxy) is 1. The van der Waals surface area contributed by atoms with Gasteiger partial charge in [-0.3, -0.25) is 4.79 Å². The highest BCUT2D eigenvalue weighted by Crippen LogP contribution is 2.30. The van der Waals surface area contributed by atoms with E-state index in [1.807, 2.05) is 0 Å². The van der Waals surface area contributed by atoms with Crippen molar-refractivity contribution in [3.63, 3.8) is 0 Å². The van der Waals surface area contributed by atoms with Crippen LogP contribution >= 0.6 is 0 Å². The number of carbonyl (C=O) groups excluding carboxylic acids is 1. The van der Waals surface area contributed by atoms with E-state index < -0.39 is 33.5 Å². The third kappa shape index (κ3) is 5.16. The zero-order valence-corrected chi connectivity index (χ0v) is 17.4. The maximum atomic E-state index is 12.6. The van der Waals surface area contributed by atoms with E-state index in [1.54, 1.807) is 24.3 Å². The lowest BCUT2D eigenvalue weighted by Gasteiger charge is -2.22. The van der Waals surface area contributed by atoms with E-state index in [1.165, 1.54) is 6.07 Å². The lowest BCUT2D eigenvalue weighted by atomic mass is 10.1. The van der Waals surface area contributed by atoms with Crippen LogP contribution in [0.1, 0.15) is 28.9 Å². The van der Waals surface area contributed by atoms with Gasteiger partial charge in [-0.2, -0.15) is 13.2 Å². The van der Waals surface area contributed by atoms with Crippen molar-refractivity contribution in [3.8, 4) is 11.6 Å². The minimum absolute atomic E-state index is 0.00346. The zero-order chi connectivity index (χ0) is 22.9. The summed E-state index contributed by atoms with van der Waals surface area (Å²) in [6, 6.07) is 9.53. The Morgan fingerprint density at radius 1 is 1.12 bits per heavy atom. The third-order valence-corrected chi connectivity index (χ3v) is 6.80. The third-order valence-electron chi connectivity index (χ3n) is 4.98. The zero-order valence-electron chi connectivity index (χ0n) is 16.6. The van der Waals surface area contributed by atoms with Crippen molar-refractivity contribution in [2.75, 3.05) is 11.5 Å². The largest absolute Gasteiger partial charge is 0.439 e. The van der Waals surface area contributed by atoms with Crippen molar-refractivity contribution >= 4 is 26.6 Å². The number of nitrogens with one attached hydrogen (secondary N) is 1. The fraction of sp³-hybridized carbons (Fsp3) is 0.286. The average molecular weight is 465 g/mol. The molecule has 11 heteroatoms. The molecule has 1 atom stereocenters. The van der Waals surface area contributed by atoms with E-state index in [-0.39, 0.29) is 23.1 Å². The molecular formula is C21H18F3N3O4S. The van der Waals surface area contributed by atoms with E-state index in [0.717, 1.165) is 12.1 Å². The maximum absolute atomic E-state index is 12.6. The van der Waals surface area contributed by atoms with Crippen LogP contribution in [0, 0.1) is 0 Å². The van der Waals surface area contributed by atoms with E-state index in [4.69, 9.17) is 4.74 Å². The number of alkyl halides is 3. The smallest absolute Gasteiger partial charge is 0.417 e. The molecule has 1 saturated heterocycles. The molecule has 1 fully saturated rings. The summed E-state index contributed by atoms with van der Waals surface area (Å²) in [5, 5.41) is 3.37. The van der Waals surface area contributed by atoms with Gasteiger partial charge in [-0.25, -0.2) is 18.4 Å². The number of amides is 1. The lowest BCUT2D eigenvalue weighted by Crippen LogP contribution is -2.43. The van der Waals surface area contributed by atoms with Gasteiger partial charge in [0.2, 0.25) is 5.88 Å². The number of hydrogen-bond donors (Lipinski definition) is 1. The van der Waals surface area contributed by atoms with Crippen LogP contribution < -0.4 is 10.1 Å². The van der Waals surface area contributed by atoms with Crippen LogP contribution in [0.2, 0.25) is 0 Å². The Hall–Kier alpha value is -3.21. The molecule has 168 valence electrons. The van der Waals surface area contributed by atoms with Crippen molar-refractivity contribution in [1.82, 2.24) is 15.3 Å². The minimum Gasteiger partial charge on any atom is -0.439 e. The molecule has 32 heavy (non-hydrogen) atoms. The molecule has 1 aliphatic rings. The summed E-state index contributed by atoms with van der Waals surface area (Å²) in [4.78, 5) is 20.5. The molecule has 1 N–H and O–H groups in total. The molecule has 0 bridgehead atoms. The SMILES string of the molecule is O=C(NC1CCCS(=O)(=O)C1)c1ccc2cc(Oc3ccc(C(F)(F)F)cn3)ccc2n1. The van der Waals surface area contributed by atoms with Gasteiger partial charge in [0, 0.05) is 23.7 Å². The Labute approximate surface area is 181 Å². The summed E-state index contributed by atoms with van der Waals surface area (Å²) in [6.45, 7) is 0. The Morgan fingerprint density at radius 2 is 1.94 bits per heavy atom. The first-order chi connectivity index (χ1) is 15.1. The van der Waals surface area contributed by atoms with Gasteiger partial charge in [-0.15, -0.1) is 0 Å². The summed E-state index contributed by atoms with van der Waals surface area (Å²) < 4.78 is 66.9. The van der Waals surface area contributed by atoms with Crippen LogP contribution in [0.15, 0.2) is 48.7 Å². The summed E-state index contributed by atoms with van der Waals surface area (Å²) >= 11 is 0. The monoisotopic (exact) mass is 465 g/mol. The standard InChI is InChI=1S/C21H18F3N3O4S/c22-21(23,24)14-4-8-19(25-11-14)31-16-5-7-17-13(10-16)3-6-18(27-17)20(28)26-15-2-1-9-32(29,30)12-15/h3-8,10-11,15H,1-2,9,12H2,(H,26,28). The van der Waals surface area contributed by atoms with Gasteiger partial charge >= 0.3 is 6.18 Å². The summed E-state index contributed by atoms with van der Waals surface area (Å²) in [5.74, 6) is -0.0476. The van der Waals surface area contributed by atoms with Gasteiger partial charge in [-0.05, 0) is 43.2 Å². The number of benzene rings is 1. The highest BCUT2D eigenvalue weighted by Gasteiger charge is 2.30. The molecule has 4 rings (SSSR count). The van der Waals surface area contributed by atoms with Crippen LogP contribution in [0.25, 0.3) is 10.9 Å². The number of fused-ring (bicyclic) bond motifs is 1. The molecule has 7 nitrogen and oxygen atoms in total. The lowest BCUT2D eigenvalue weighted by molar-refractivity contribution is -0.137. The summed E-state index contributed by atoms with van der Waals surface area (Å²) in [5.41, 5.74) is -0.218. The van der Waals surface area contributed by atoms with Crippen molar-refractivity contribution in [3.05, 3.63) is 59.9 Å². The van der Waals surface area contributed by atoms with Crippen LogP contribution in [-0.2, 0) is 16.0 Å². The predicted octanol–water partition coefficient (Wildman–Crippen LogP) is 3.75. The normalized spacial score (nSPS) is 18.3. The van der Waals surface area contributed by atoms with Crippen molar-refractivity contribution in [2.24, 2.45) is 0 Å². The van der Waals surface area contributed by atoms with E-state index in [0.29, 0.717) is 35.7 Å². The molecule has 1 aromatic carbocycles. The number of sulfone groups is 1. The van der Waals surface area contributed by atoms with E-state index >= 15 is 0 Å². The van der Waals surface area contributed by atoms with Crippen molar-refractivity contribution in [1.29, 1.82) is 0 Å². The van der Waals surface area contributed by atoms with Crippen molar-refractivity contribution in [2.45, 2.75) is 25.1 Å². The molecular weight excluding hydrogens is 447 g/mol. The second-order valence-electron chi connectivity index (χ2n) is 7.46. The molecule has 1 aliphatic heterocycles. The fourth-order valence-corrected chi connectivity index (χ4v) is 5.05. The summed E-state index contributed by atoms with van der Waals surface area (Å²) in [6.07, 6.45) is -2.68. The minimum atomic E-state index is -4.48. The molecule has 1 amide bonds. The van der Waals surface area contributed by atoms with Gasteiger partial charge < -0.3 is 10.1 Å². The number of halogens is 3. The molecule has 0 spiro atoms. The quantitative estimate of drug-likeness (QED) is 0.630. The first kappa shape index (κ1) is 22.0. The molecule has 2 aromatic heterocycles. The Bertz CT molecular complexity index is 1260. The van der Waals surface area contributed by atoms with Crippen LogP contribution in [0.4, 0.5) is 13.2 Å². The van der Waals surface area contributed by atoms with Crippen LogP contribution in [0.5, 0.6) is 11.6 Å². The van der Waals surface area contributed by atoms with Crippen LogP contribution in [0.3, 0.4) is 0 Å². The number of pyridine rings is 2. The molecule has 3 heterocycles. The second-order valence-corrected chi connectivity index (χ2v) is 9.69. The van der Waals surface area contributed by atoms with Gasteiger partial charge in [0.15, 0.2) is 9.84 Å². The number of aromatic nitrogens is 2. The Kier molecular flexibility index (Phi) is 5.76. The average Bonchev–Trinajstić information content (AvgIpc) is 2.72. The topological polar surface area (TPSA) is 98.2 Å². The molecule has 1 unspecified atom stereocenters. The van der Waals surface area contributed by atoms with Crippen LogP contribution in [-0.4, -0.2) is 41.8 Å². The first-order valence-electron chi connectivity index (χ1n) is 9.72. The Balaban J connectivity index is 1.46. The van der Waals surface area contributed by atoms with E-state index in [9.17, 15) is 26.4 Å². The van der Waals surface area contributed by atoms with E-state index in [2.05, 4.69) is 15.3 Å². The van der Waals surface area contributed by atoms with Gasteiger partial charge in [0.05, 0.1) is 22.6 Å². The molecule has 0 saturated carbocycles. The first-order valence-corrected chi connectivity index (χ1v) is 11.5. The number of hydrogen-bond acceptors (Lipinski definition) is 6. The number of carbonyl (C=O) groups is 1. The molecule has 3 aromatic rings. The highest BCUT2D eigenvalue weighted by molar-refractivity contribution is 7.91.